The van der Waals surface area contributed by atoms with Crippen molar-refractivity contribution in [2.45, 2.75) is 41.5 Å². The highest BCUT2D eigenvalue weighted by atomic mass is 15.1. The van der Waals surface area contributed by atoms with Crippen LogP contribution in [0.4, 0.5) is 5.69 Å². The summed E-state index contributed by atoms with van der Waals surface area (Å²) in [5.74, 6) is 0. The highest BCUT2D eigenvalue weighted by Crippen LogP contribution is 2.13. The maximum atomic E-state index is 5.53. The van der Waals surface area contributed by atoms with E-state index in [0.29, 0.717) is 6.54 Å². The van der Waals surface area contributed by atoms with Crippen LogP contribution in [0.25, 0.3) is 0 Å². The summed E-state index contributed by atoms with van der Waals surface area (Å²) in [6.45, 7) is 14.9. The number of nitrogens with zero attached hydrogens (tertiary/aromatic N) is 1. The average molecular weight is 238 g/mol. The molecule has 1 aromatic carbocycles. The molecular weight excluding hydrogens is 208 g/mol. The number of nitrogens with two attached hydrogens (primary N) is 1. The monoisotopic (exact) mass is 238 g/mol. The van der Waals surface area contributed by atoms with E-state index in [4.69, 9.17) is 5.73 Å². The molecule has 2 nitrogen and oxygen atoms in total. The van der Waals surface area contributed by atoms with Gasteiger partial charge in [-0.15, -0.1) is 0 Å². The molecule has 0 saturated heterocycles. The number of anilines is 1. The minimum absolute atomic E-state index is 0.710. The van der Waals surface area contributed by atoms with Crippen LogP contribution in [0.3, 0.4) is 0 Å². The lowest BCUT2D eigenvalue weighted by Crippen LogP contribution is -2.28. The van der Waals surface area contributed by atoms with E-state index in [9.17, 15) is 0 Å². The largest absolute Gasteiger partial charge is 0.371 e. The first-order chi connectivity index (χ1) is 8.27. The van der Waals surface area contributed by atoms with E-state index in [0.717, 1.165) is 13.1 Å². The summed E-state index contributed by atoms with van der Waals surface area (Å²) >= 11 is 0. The molecule has 1 aromatic rings. The average Bonchev–Trinajstić information content (AvgIpc) is 2.42. The summed E-state index contributed by atoms with van der Waals surface area (Å²) in [6, 6.07) is 8.56. The van der Waals surface area contributed by atoms with Crippen LogP contribution >= 0.6 is 0 Å². The number of benzene rings is 1. The van der Waals surface area contributed by atoms with E-state index >= 15 is 0 Å². The number of aryl methyl sites for hydroxylation is 1. The molecule has 0 unspecified atom stereocenters. The van der Waals surface area contributed by atoms with Crippen molar-refractivity contribution < 1.29 is 0 Å². The van der Waals surface area contributed by atoms with Gasteiger partial charge in [0.15, 0.2) is 0 Å². The van der Waals surface area contributed by atoms with Crippen molar-refractivity contribution in [1.82, 2.24) is 0 Å². The van der Waals surface area contributed by atoms with Crippen LogP contribution in [-0.4, -0.2) is 19.6 Å². The van der Waals surface area contributed by atoms with Crippen LogP contribution < -0.4 is 10.6 Å². The zero-order valence-corrected chi connectivity index (χ0v) is 12.5. The van der Waals surface area contributed by atoms with Gasteiger partial charge in [-0.05, 0) is 26.0 Å². The zero-order chi connectivity index (χ0) is 13.7. The summed E-state index contributed by atoms with van der Waals surface area (Å²) in [4.78, 5) is 2.28. The van der Waals surface area contributed by atoms with Crippen molar-refractivity contribution >= 4 is 5.69 Å². The molecule has 0 fully saturated rings. The Labute approximate surface area is 108 Å². The molecule has 0 radical (unpaired) electrons. The van der Waals surface area contributed by atoms with Gasteiger partial charge >= 0.3 is 0 Å². The van der Waals surface area contributed by atoms with E-state index < -0.39 is 0 Å². The standard InChI is InChI=1S/C11H18N2.2C2H6/c1-3-13(9-8-12)11-6-4-10(2)5-7-11;2*1-2/h4-7H,3,8-9,12H2,1-2H3;2*1-2H3. The second-order valence-corrected chi connectivity index (χ2v) is 3.20. The first kappa shape index (κ1) is 18.3. The molecule has 0 amide bonds. The molecule has 1 rings (SSSR count). The molecule has 100 valence electrons. The fourth-order valence-electron chi connectivity index (χ4n) is 1.38. The van der Waals surface area contributed by atoms with Gasteiger partial charge in [-0.1, -0.05) is 45.4 Å². The molecule has 0 aliphatic rings. The zero-order valence-electron chi connectivity index (χ0n) is 12.5. The predicted octanol–water partition coefficient (Wildman–Crippen LogP) is 3.83. The van der Waals surface area contributed by atoms with E-state index in [1.807, 2.05) is 27.7 Å². The minimum atomic E-state index is 0.710. The molecule has 0 heterocycles. The van der Waals surface area contributed by atoms with E-state index in [1.54, 1.807) is 0 Å². The van der Waals surface area contributed by atoms with Crippen molar-refractivity contribution in [3.8, 4) is 0 Å². The summed E-state index contributed by atoms with van der Waals surface area (Å²) in [5, 5.41) is 0. The van der Waals surface area contributed by atoms with Gasteiger partial charge in [0.2, 0.25) is 0 Å². The second kappa shape index (κ2) is 13.0. The van der Waals surface area contributed by atoms with Crippen molar-refractivity contribution in [2.75, 3.05) is 24.5 Å². The molecule has 0 aromatic heterocycles. The molecular formula is C15H30N2. The molecule has 0 atom stereocenters. The number of likely N-dealkylation sites (N-methyl/N-ethyl adjacent to an activating group) is 1. The van der Waals surface area contributed by atoms with Crippen LogP contribution in [0.1, 0.15) is 40.2 Å². The quantitative estimate of drug-likeness (QED) is 0.863. The summed E-state index contributed by atoms with van der Waals surface area (Å²) in [5.41, 5.74) is 8.09. The lowest BCUT2D eigenvalue weighted by Gasteiger charge is -2.22. The highest BCUT2D eigenvalue weighted by Gasteiger charge is 2.00. The molecule has 0 aliphatic carbocycles. The minimum Gasteiger partial charge on any atom is -0.371 e. The van der Waals surface area contributed by atoms with Gasteiger partial charge < -0.3 is 10.6 Å². The van der Waals surface area contributed by atoms with Gasteiger partial charge in [-0.2, -0.15) is 0 Å². The SMILES string of the molecule is CC.CC.CCN(CCN)c1ccc(C)cc1. The molecule has 2 N–H and O–H groups in total. The lowest BCUT2D eigenvalue weighted by molar-refractivity contribution is 0.817. The van der Waals surface area contributed by atoms with E-state index in [2.05, 4.69) is 43.0 Å². The van der Waals surface area contributed by atoms with E-state index in [-0.39, 0.29) is 0 Å². The number of rotatable bonds is 4. The fraction of sp³-hybridized carbons (Fsp3) is 0.600. The molecule has 0 bridgehead atoms. The predicted molar refractivity (Wildman–Crippen MR) is 80.8 cm³/mol. The van der Waals surface area contributed by atoms with Gasteiger partial charge in [0.05, 0.1) is 0 Å². The van der Waals surface area contributed by atoms with Gasteiger partial charge in [0.1, 0.15) is 0 Å². The Balaban J connectivity index is 0. The van der Waals surface area contributed by atoms with Crippen molar-refractivity contribution in [2.24, 2.45) is 5.73 Å². The molecule has 0 spiro atoms. The van der Waals surface area contributed by atoms with Gasteiger partial charge in [0, 0.05) is 25.3 Å². The Morgan fingerprint density at radius 1 is 1.00 bits per heavy atom. The smallest absolute Gasteiger partial charge is 0.0366 e. The Morgan fingerprint density at radius 3 is 1.82 bits per heavy atom. The Bertz CT molecular complexity index is 242. The molecule has 17 heavy (non-hydrogen) atoms. The van der Waals surface area contributed by atoms with Crippen LogP contribution in [-0.2, 0) is 0 Å². The van der Waals surface area contributed by atoms with Crippen molar-refractivity contribution in [3.05, 3.63) is 29.8 Å². The fourth-order valence-corrected chi connectivity index (χ4v) is 1.38. The topological polar surface area (TPSA) is 29.3 Å². The van der Waals surface area contributed by atoms with E-state index in [1.165, 1.54) is 11.3 Å². The van der Waals surface area contributed by atoms with Crippen molar-refractivity contribution in [3.63, 3.8) is 0 Å². The lowest BCUT2D eigenvalue weighted by atomic mass is 10.2. The first-order valence-corrected chi connectivity index (χ1v) is 6.79. The summed E-state index contributed by atoms with van der Waals surface area (Å²) < 4.78 is 0. The van der Waals surface area contributed by atoms with Crippen LogP contribution in [0.2, 0.25) is 0 Å². The Hall–Kier alpha value is -1.02. The maximum Gasteiger partial charge on any atom is 0.0366 e. The van der Waals surface area contributed by atoms with Crippen LogP contribution in [0.15, 0.2) is 24.3 Å². The summed E-state index contributed by atoms with van der Waals surface area (Å²) in [6.07, 6.45) is 0. The van der Waals surface area contributed by atoms with Crippen LogP contribution in [0.5, 0.6) is 0 Å². The molecule has 0 saturated carbocycles. The van der Waals surface area contributed by atoms with Crippen LogP contribution in [0, 0.1) is 6.92 Å². The Morgan fingerprint density at radius 2 is 1.47 bits per heavy atom. The third kappa shape index (κ3) is 7.81. The number of hydrogen-bond donors (Lipinski definition) is 1. The molecule has 0 aliphatic heterocycles. The third-order valence-electron chi connectivity index (χ3n) is 2.18. The highest BCUT2D eigenvalue weighted by molar-refractivity contribution is 5.47. The van der Waals surface area contributed by atoms with Gasteiger partial charge in [-0.3, -0.25) is 0 Å². The maximum absolute atomic E-state index is 5.53. The Kier molecular flexibility index (Phi) is 14.1. The van der Waals surface area contributed by atoms with Gasteiger partial charge in [-0.25, -0.2) is 0 Å². The normalized spacial score (nSPS) is 8.41. The molecule has 2 heteroatoms. The van der Waals surface area contributed by atoms with Gasteiger partial charge in [0.25, 0.3) is 0 Å². The third-order valence-corrected chi connectivity index (χ3v) is 2.18. The summed E-state index contributed by atoms with van der Waals surface area (Å²) in [7, 11) is 0. The second-order valence-electron chi connectivity index (χ2n) is 3.20. The first-order valence-electron chi connectivity index (χ1n) is 6.79. The number of hydrogen-bond acceptors (Lipinski definition) is 2. The van der Waals surface area contributed by atoms with Crippen molar-refractivity contribution in [1.29, 1.82) is 0 Å².